The molecule has 4 rings (SSSR count). The third kappa shape index (κ3) is 5.98. The van der Waals surface area contributed by atoms with Gasteiger partial charge in [0.2, 0.25) is 15.7 Å². The second-order valence-corrected chi connectivity index (χ2v) is 10.3. The van der Waals surface area contributed by atoms with Gasteiger partial charge in [0.15, 0.2) is 0 Å². The fourth-order valence-corrected chi connectivity index (χ4v) is 5.05. The summed E-state index contributed by atoms with van der Waals surface area (Å²) in [6.45, 7) is -0.380. The maximum absolute atomic E-state index is 14.2. The second-order valence-electron chi connectivity index (χ2n) is 7.52. The average Bonchev–Trinajstić information content (AvgIpc) is 2.85. The quantitative estimate of drug-likeness (QED) is 0.212. The highest BCUT2D eigenvalue weighted by Crippen LogP contribution is 2.38. The van der Waals surface area contributed by atoms with E-state index in [1.54, 1.807) is 6.07 Å². The number of ether oxygens (including phenoxy) is 2. The Kier molecular flexibility index (Phi) is 7.63. The molecule has 12 heteroatoms. The molecule has 0 spiro atoms. The van der Waals surface area contributed by atoms with Crippen LogP contribution in [0.15, 0.2) is 88.8 Å². The van der Waals surface area contributed by atoms with Gasteiger partial charge >= 0.3 is 6.18 Å². The van der Waals surface area contributed by atoms with Gasteiger partial charge in [-0.25, -0.2) is 17.8 Å². The topological polar surface area (TPSA) is 65.5 Å². The molecule has 0 aliphatic carbocycles. The van der Waals surface area contributed by atoms with Crippen molar-refractivity contribution in [2.24, 2.45) is 0 Å². The van der Waals surface area contributed by atoms with Crippen molar-refractivity contribution >= 4 is 33.0 Å². The smallest absolute Gasteiger partial charge is 0.417 e. The first kappa shape index (κ1) is 26.7. The van der Waals surface area contributed by atoms with Crippen molar-refractivity contribution in [3.63, 3.8) is 0 Å². The van der Waals surface area contributed by atoms with Gasteiger partial charge in [0.1, 0.15) is 33.8 Å². The summed E-state index contributed by atoms with van der Waals surface area (Å²) < 4.78 is 90.9. The molecule has 0 bridgehead atoms. The SMILES string of the molecule is O=S(=O)(c1ccccc1)c1cc(Oc2ncc(C(F)(F)F)cc2Cl)ccc1OCc1c(F)cccc1Cl. The molecule has 4 aromatic rings. The van der Waals surface area contributed by atoms with Gasteiger partial charge in [-0.3, -0.25) is 0 Å². The molecule has 0 amide bonds. The molecule has 1 heterocycles. The fourth-order valence-electron chi connectivity index (χ4n) is 3.20. The van der Waals surface area contributed by atoms with Crippen LogP contribution in [0.3, 0.4) is 0 Å². The summed E-state index contributed by atoms with van der Waals surface area (Å²) in [6, 6.07) is 15.8. The van der Waals surface area contributed by atoms with Crippen molar-refractivity contribution in [3.8, 4) is 17.4 Å². The first-order chi connectivity index (χ1) is 17.5. The Balaban J connectivity index is 1.73. The maximum Gasteiger partial charge on any atom is 0.417 e. The molecule has 0 aliphatic heterocycles. The number of rotatable bonds is 7. The van der Waals surface area contributed by atoms with E-state index >= 15 is 0 Å². The van der Waals surface area contributed by atoms with Gasteiger partial charge in [-0.15, -0.1) is 0 Å². The minimum absolute atomic E-state index is 0.0216. The van der Waals surface area contributed by atoms with Gasteiger partial charge in [0.05, 0.1) is 15.5 Å². The highest BCUT2D eigenvalue weighted by atomic mass is 35.5. The Bertz CT molecular complexity index is 1530. The van der Waals surface area contributed by atoms with Crippen molar-refractivity contribution in [2.75, 3.05) is 0 Å². The lowest BCUT2D eigenvalue weighted by Gasteiger charge is -2.15. The molecular formula is C25H15Cl2F4NO4S. The van der Waals surface area contributed by atoms with Crippen molar-refractivity contribution < 1.29 is 35.5 Å². The summed E-state index contributed by atoms with van der Waals surface area (Å²) in [5.41, 5.74) is -1.05. The van der Waals surface area contributed by atoms with Crippen LogP contribution in [-0.4, -0.2) is 13.4 Å². The molecule has 0 N–H and O–H groups in total. The Morgan fingerprint density at radius 3 is 2.27 bits per heavy atom. The summed E-state index contributed by atoms with van der Waals surface area (Å²) >= 11 is 12.0. The molecule has 192 valence electrons. The van der Waals surface area contributed by atoms with Crippen molar-refractivity contribution in [1.82, 2.24) is 4.98 Å². The van der Waals surface area contributed by atoms with E-state index < -0.39 is 32.4 Å². The van der Waals surface area contributed by atoms with E-state index in [1.807, 2.05) is 0 Å². The number of aromatic nitrogens is 1. The van der Waals surface area contributed by atoms with Crippen LogP contribution in [0.4, 0.5) is 17.6 Å². The molecule has 0 radical (unpaired) electrons. The zero-order chi connectivity index (χ0) is 26.8. The van der Waals surface area contributed by atoms with E-state index in [0.29, 0.717) is 12.3 Å². The largest absolute Gasteiger partial charge is 0.487 e. The average molecular weight is 572 g/mol. The minimum atomic E-state index is -4.66. The fraction of sp³-hybridized carbons (Fsp3) is 0.0800. The van der Waals surface area contributed by atoms with E-state index in [-0.39, 0.29) is 44.4 Å². The highest BCUT2D eigenvalue weighted by molar-refractivity contribution is 7.91. The van der Waals surface area contributed by atoms with Crippen LogP contribution in [0.1, 0.15) is 11.1 Å². The molecule has 5 nitrogen and oxygen atoms in total. The number of nitrogens with zero attached hydrogens (tertiary/aromatic N) is 1. The van der Waals surface area contributed by atoms with Crippen LogP contribution < -0.4 is 9.47 Å². The van der Waals surface area contributed by atoms with E-state index in [4.69, 9.17) is 32.7 Å². The summed E-state index contributed by atoms with van der Waals surface area (Å²) in [5.74, 6) is -1.24. The van der Waals surface area contributed by atoms with Gasteiger partial charge in [-0.05, 0) is 42.5 Å². The van der Waals surface area contributed by atoms with Crippen molar-refractivity contribution in [2.45, 2.75) is 22.6 Å². The molecule has 0 saturated heterocycles. The molecule has 37 heavy (non-hydrogen) atoms. The minimum Gasteiger partial charge on any atom is -0.487 e. The Labute approximate surface area is 219 Å². The third-order valence-corrected chi connectivity index (χ3v) is 7.46. The summed E-state index contributed by atoms with van der Waals surface area (Å²) in [6.07, 6.45) is -4.12. The lowest BCUT2D eigenvalue weighted by atomic mass is 10.2. The van der Waals surface area contributed by atoms with Crippen LogP contribution in [0.5, 0.6) is 17.4 Å². The lowest BCUT2D eigenvalue weighted by Crippen LogP contribution is -2.08. The standard InChI is InChI=1S/C25H15Cl2F4NO4S/c26-19-7-4-8-21(28)18(19)14-35-22-10-9-16(12-23(22)37(33,34)17-5-2-1-3-6-17)36-24-20(27)11-15(13-32-24)25(29,30)31/h1-13H,14H2. The Morgan fingerprint density at radius 1 is 0.892 bits per heavy atom. The van der Waals surface area contributed by atoms with Gasteiger partial charge in [0.25, 0.3) is 0 Å². The Hall–Kier alpha value is -3.34. The lowest BCUT2D eigenvalue weighted by molar-refractivity contribution is -0.137. The van der Waals surface area contributed by atoms with Crippen LogP contribution in [0, 0.1) is 5.82 Å². The monoisotopic (exact) mass is 571 g/mol. The first-order valence-corrected chi connectivity index (χ1v) is 12.6. The predicted octanol–water partition coefficient (Wildman–Crippen LogP) is 7.75. The second kappa shape index (κ2) is 10.6. The van der Waals surface area contributed by atoms with Crippen molar-refractivity contribution in [3.05, 3.63) is 106 Å². The van der Waals surface area contributed by atoms with Crippen LogP contribution in [0.25, 0.3) is 0 Å². The molecule has 3 aromatic carbocycles. The summed E-state index contributed by atoms with van der Waals surface area (Å²) in [7, 11) is -4.18. The number of hydrogen-bond acceptors (Lipinski definition) is 5. The van der Waals surface area contributed by atoms with E-state index in [9.17, 15) is 26.0 Å². The normalized spacial score (nSPS) is 11.8. The van der Waals surface area contributed by atoms with E-state index in [0.717, 1.165) is 6.07 Å². The molecular weight excluding hydrogens is 557 g/mol. The number of sulfone groups is 1. The molecule has 0 aliphatic rings. The van der Waals surface area contributed by atoms with Crippen LogP contribution in [0.2, 0.25) is 10.0 Å². The highest BCUT2D eigenvalue weighted by Gasteiger charge is 2.32. The summed E-state index contributed by atoms with van der Waals surface area (Å²) in [4.78, 5) is 3.19. The molecule has 1 aromatic heterocycles. The van der Waals surface area contributed by atoms with Gasteiger partial charge in [-0.2, -0.15) is 13.2 Å². The van der Waals surface area contributed by atoms with Gasteiger partial charge in [0, 0.05) is 17.8 Å². The maximum atomic E-state index is 14.2. The number of hydrogen-bond donors (Lipinski definition) is 0. The number of benzene rings is 3. The van der Waals surface area contributed by atoms with Crippen molar-refractivity contribution in [1.29, 1.82) is 0 Å². The zero-order valence-electron chi connectivity index (χ0n) is 18.5. The summed E-state index contributed by atoms with van der Waals surface area (Å²) in [5, 5.41) is -0.341. The number of alkyl halides is 3. The zero-order valence-corrected chi connectivity index (χ0v) is 20.8. The molecule has 0 atom stereocenters. The van der Waals surface area contributed by atoms with Crippen LogP contribution in [-0.2, 0) is 22.6 Å². The molecule has 0 unspecified atom stereocenters. The van der Waals surface area contributed by atoms with Crippen LogP contribution >= 0.6 is 23.2 Å². The van der Waals surface area contributed by atoms with E-state index in [1.165, 1.54) is 54.6 Å². The van der Waals surface area contributed by atoms with E-state index in [2.05, 4.69) is 4.98 Å². The third-order valence-electron chi connectivity index (χ3n) is 5.04. The molecule has 0 fully saturated rings. The molecule has 0 saturated carbocycles. The van der Waals surface area contributed by atoms with Gasteiger partial charge < -0.3 is 9.47 Å². The Morgan fingerprint density at radius 2 is 1.62 bits per heavy atom. The number of halogens is 6. The predicted molar refractivity (Wildman–Crippen MR) is 128 cm³/mol. The van der Waals surface area contributed by atoms with Gasteiger partial charge in [-0.1, -0.05) is 47.5 Å². The first-order valence-electron chi connectivity index (χ1n) is 10.4. The number of pyridine rings is 1.